The molecule has 1 heteroatoms. The lowest BCUT2D eigenvalue weighted by Gasteiger charge is -1.99. The van der Waals surface area contributed by atoms with Gasteiger partial charge in [0.05, 0.1) is 6.07 Å². The Bertz CT molecular complexity index is 115. The van der Waals surface area contributed by atoms with Crippen LogP contribution in [0.5, 0.6) is 0 Å². The van der Waals surface area contributed by atoms with Gasteiger partial charge in [0, 0.05) is 5.92 Å². The topological polar surface area (TPSA) is 23.8 Å². The van der Waals surface area contributed by atoms with Crippen molar-refractivity contribution >= 4 is 0 Å². The Labute approximate surface area is 69.7 Å². The monoisotopic (exact) mass is 151 g/mol. The number of nitrogens with zero attached hydrogens (tertiary/aromatic N) is 1. The first-order chi connectivity index (χ1) is 5.43. The van der Waals surface area contributed by atoms with Crippen LogP contribution in [0.1, 0.15) is 38.5 Å². The number of nitriles is 1. The number of rotatable bonds is 0. The van der Waals surface area contributed by atoms with Crippen molar-refractivity contribution < 1.29 is 0 Å². The van der Waals surface area contributed by atoms with Gasteiger partial charge in [-0.3, -0.25) is 0 Å². The fourth-order valence-electron chi connectivity index (χ4n) is 1.41. The van der Waals surface area contributed by atoms with Crippen molar-refractivity contribution in [2.24, 2.45) is 5.92 Å². The highest BCUT2D eigenvalue weighted by atomic mass is 14.3. The molecule has 0 aliphatic heterocycles. The SMILES string of the molecule is C=C.N#CC1CCCCCC1. The van der Waals surface area contributed by atoms with Crippen molar-refractivity contribution in [2.45, 2.75) is 38.5 Å². The predicted molar refractivity (Wildman–Crippen MR) is 48.1 cm³/mol. The van der Waals surface area contributed by atoms with Crippen LogP contribution in [-0.4, -0.2) is 0 Å². The molecule has 0 unspecified atom stereocenters. The zero-order chi connectivity index (χ0) is 8.53. The van der Waals surface area contributed by atoms with Crippen molar-refractivity contribution in [3.8, 4) is 6.07 Å². The van der Waals surface area contributed by atoms with Gasteiger partial charge in [-0.05, 0) is 12.8 Å². The fraction of sp³-hybridized carbons (Fsp3) is 0.700. The first-order valence-corrected chi connectivity index (χ1v) is 4.33. The van der Waals surface area contributed by atoms with Crippen molar-refractivity contribution in [3.63, 3.8) is 0 Å². The van der Waals surface area contributed by atoms with E-state index < -0.39 is 0 Å². The van der Waals surface area contributed by atoms with Crippen LogP contribution in [0, 0.1) is 17.2 Å². The van der Waals surface area contributed by atoms with E-state index in [2.05, 4.69) is 19.2 Å². The summed E-state index contributed by atoms with van der Waals surface area (Å²) in [5, 5.41) is 8.57. The van der Waals surface area contributed by atoms with Crippen LogP contribution < -0.4 is 0 Å². The van der Waals surface area contributed by atoms with Gasteiger partial charge in [-0.1, -0.05) is 25.7 Å². The van der Waals surface area contributed by atoms with Crippen LogP contribution in [0.15, 0.2) is 13.2 Å². The lowest BCUT2D eigenvalue weighted by atomic mass is 10.0. The van der Waals surface area contributed by atoms with E-state index in [1.807, 2.05) is 0 Å². The molecule has 0 saturated heterocycles. The molecule has 0 spiro atoms. The van der Waals surface area contributed by atoms with E-state index in [0.717, 1.165) is 12.8 Å². The van der Waals surface area contributed by atoms with Crippen LogP contribution in [0.2, 0.25) is 0 Å². The van der Waals surface area contributed by atoms with Crippen LogP contribution in [-0.2, 0) is 0 Å². The second-order valence-corrected chi connectivity index (χ2v) is 2.82. The molecule has 1 aliphatic rings. The molecule has 0 N–H and O–H groups in total. The maximum Gasteiger partial charge on any atom is 0.0655 e. The first-order valence-electron chi connectivity index (χ1n) is 4.33. The fourth-order valence-corrected chi connectivity index (χ4v) is 1.41. The predicted octanol–water partition coefficient (Wildman–Crippen LogP) is 3.28. The molecule has 0 aromatic rings. The molecule has 1 saturated carbocycles. The van der Waals surface area contributed by atoms with E-state index in [9.17, 15) is 0 Å². The van der Waals surface area contributed by atoms with E-state index in [4.69, 9.17) is 5.26 Å². The Hall–Kier alpha value is -0.770. The number of hydrogen-bond donors (Lipinski definition) is 0. The highest BCUT2D eigenvalue weighted by molar-refractivity contribution is 4.83. The van der Waals surface area contributed by atoms with Gasteiger partial charge >= 0.3 is 0 Å². The molecule has 1 fully saturated rings. The smallest absolute Gasteiger partial charge is 0.0655 e. The normalized spacial score (nSPS) is 18.8. The molecule has 0 heterocycles. The minimum Gasteiger partial charge on any atom is -0.198 e. The molecule has 0 atom stereocenters. The van der Waals surface area contributed by atoms with Crippen LogP contribution in [0.3, 0.4) is 0 Å². The Morgan fingerprint density at radius 2 is 1.45 bits per heavy atom. The van der Waals surface area contributed by atoms with Crippen molar-refractivity contribution in [3.05, 3.63) is 13.2 Å². The molecule has 0 radical (unpaired) electrons. The Balaban J connectivity index is 0.000000461. The summed E-state index contributed by atoms with van der Waals surface area (Å²) in [5.41, 5.74) is 0. The third-order valence-corrected chi connectivity index (χ3v) is 2.04. The molecule has 0 bridgehead atoms. The average molecular weight is 151 g/mol. The minimum absolute atomic E-state index is 0.382. The third-order valence-electron chi connectivity index (χ3n) is 2.04. The first kappa shape index (κ1) is 10.2. The largest absolute Gasteiger partial charge is 0.198 e. The van der Waals surface area contributed by atoms with E-state index in [1.54, 1.807) is 0 Å². The number of hydrogen-bond acceptors (Lipinski definition) is 1. The molecular formula is C10H17N. The molecule has 0 aromatic heterocycles. The maximum absolute atomic E-state index is 8.57. The van der Waals surface area contributed by atoms with Crippen LogP contribution in [0.4, 0.5) is 0 Å². The third kappa shape index (κ3) is 4.61. The minimum atomic E-state index is 0.382. The Morgan fingerprint density at radius 1 is 1.00 bits per heavy atom. The van der Waals surface area contributed by atoms with E-state index in [-0.39, 0.29) is 0 Å². The molecule has 0 amide bonds. The van der Waals surface area contributed by atoms with Crippen molar-refractivity contribution in [2.75, 3.05) is 0 Å². The van der Waals surface area contributed by atoms with Gasteiger partial charge in [0.2, 0.25) is 0 Å². The van der Waals surface area contributed by atoms with Gasteiger partial charge in [-0.2, -0.15) is 5.26 Å². The van der Waals surface area contributed by atoms with E-state index in [1.165, 1.54) is 25.7 Å². The van der Waals surface area contributed by atoms with Crippen LogP contribution >= 0.6 is 0 Å². The molecule has 1 aliphatic carbocycles. The zero-order valence-corrected chi connectivity index (χ0v) is 7.18. The summed E-state index contributed by atoms with van der Waals surface area (Å²) in [7, 11) is 0. The highest BCUT2D eigenvalue weighted by Gasteiger charge is 2.09. The molecule has 11 heavy (non-hydrogen) atoms. The van der Waals surface area contributed by atoms with Crippen molar-refractivity contribution in [1.82, 2.24) is 0 Å². The quantitative estimate of drug-likeness (QED) is 0.385. The van der Waals surface area contributed by atoms with Gasteiger partial charge in [0.25, 0.3) is 0 Å². The molecule has 0 aromatic carbocycles. The molecule has 62 valence electrons. The van der Waals surface area contributed by atoms with Gasteiger partial charge in [-0.25, -0.2) is 0 Å². The second-order valence-electron chi connectivity index (χ2n) is 2.82. The zero-order valence-electron chi connectivity index (χ0n) is 7.18. The van der Waals surface area contributed by atoms with Crippen LogP contribution in [0.25, 0.3) is 0 Å². The molecule has 1 rings (SSSR count). The summed E-state index contributed by atoms with van der Waals surface area (Å²) in [5.74, 6) is 0.382. The highest BCUT2D eigenvalue weighted by Crippen LogP contribution is 2.21. The van der Waals surface area contributed by atoms with Gasteiger partial charge in [-0.15, -0.1) is 13.2 Å². The summed E-state index contributed by atoms with van der Waals surface area (Å²) in [6.07, 6.45) is 7.54. The van der Waals surface area contributed by atoms with Gasteiger partial charge in [0.1, 0.15) is 0 Å². The van der Waals surface area contributed by atoms with Gasteiger partial charge in [0.15, 0.2) is 0 Å². The summed E-state index contributed by atoms with van der Waals surface area (Å²) in [6, 6.07) is 2.34. The molecule has 1 nitrogen and oxygen atoms in total. The summed E-state index contributed by atoms with van der Waals surface area (Å²) in [6.45, 7) is 6.00. The summed E-state index contributed by atoms with van der Waals surface area (Å²) < 4.78 is 0. The maximum atomic E-state index is 8.57. The van der Waals surface area contributed by atoms with E-state index >= 15 is 0 Å². The molecular weight excluding hydrogens is 134 g/mol. The second kappa shape index (κ2) is 7.34. The summed E-state index contributed by atoms with van der Waals surface area (Å²) in [4.78, 5) is 0. The van der Waals surface area contributed by atoms with Crippen molar-refractivity contribution in [1.29, 1.82) is 5.26 Å². The Kier molecular flexibility index (Phi) is 6.82. The average Bonchev–Trinajstić information content (AvgIpc) is 2.35. The van der Waals surface area contributed by atoms with E-state index in [0.29, 0.717) is 5.92 Å². The Morgan fingerprint density at radius 3 is 1.82 bits per heavy atom. The standard InChI is InChI=1S/C8H13N.C2H4/c9-7-8-5-3-1-2-4-6-8;1-2/h8H,1-6H2;1-2H2. The summed E-state index contributed by atoms with van der Waals surface area (Å²) >= 11 is 0. The van der Waals surface area contributed by atoms with Gasteiger partial charge < -0.3 is 0 Å². The lowest BCUT2D eigenvalue weighted by molar-refractivity contribution is 0.571. The lowest BCUT2D eigenvalue weighted by Crippen LogP contribution is -1.92.